The van der Waals surface area contributed by atoms with Crippen LogP contribution in [-0.4, -0.2) is 32.7 Å². The number of hydrogen-bond acceptors (Lipinski definition) is 2. The van der Waals surface area contributed by atoms with E-state index < -0.39 is 11.8 Å². The molecule has 1 fully saturated rings. The number of alkyl halides is 1. The number of aliphatic hydroxyl groups excluding tert-OH is 1. The van der Waals surface area contributed by atoms with Crippen molar-refractivity contribution >= 4 is 32.0 Å². The monoisotopic (exact) mass is 407 g/mol. The zero-order valence-corrected chi connectivity index (χ0v) is 18.5. The number of rotatable bonds is 8. The zero-order valence-electron chi connectivity index (χ0n) is 15.8. The Labute approximate surface area is 163 Å². The smallest absolute Gasteiger partial charge is 0.123 e. The first-order valence-electron chi connectivity index (χ1n) is 9.29. The normalized spacial score (nSPS) is 16.4. The lowest BCUT2D eigenvalue weighted by Gasteiger charge is -2.16. The van der Waals surface area contributed by atoms with Crippen LogP contribution in [0.2, 0.25) is 28.2 Å². The van der Waals surface area contributed by atoms with Gasteiger partial charge in [0, 0.05) is 37.5 Å². The number of aliphatic hydroxyl groups is 1. The Morgan fingerprint density at radius 2 is 1.64 bits per heavy atom. The summed E-state index contributed by atoms with van der Waals surface area (Å²) in [6, 6.07) is 7.99. The number of nitrogens with one attached hydrogen (secondary N) is 1. The van der Waals surface area contributed by atoms with E-state index in [4.69, 9.17) is 23.2 Å². The first kappa shape index (κ1) is 22.9. The summed E-state index contributed by atoms with van der Waals surface area (Å²) in [5, 5.41) is 13.8. The molecular weight excluding hydrogens is 376 g/mol. The van der Waals surface area contributed by atoms with E-state index in [1.807, 2.05) is 6.92 Å². The summed E-state index contributed by atoms with van der Waals surface area (Å²) < 4.78 is 13.4. The van der Waals surface area contributed by atoms with Crippen molar-refractivity contribution in [3.05, 3.63) is 33.3 Å². The summed E-state index contributed by atoms with van der Waals surface area (Å²) in [5.74, 6) is 0. The Bertz CT molecular complexity index is 508. The molecule has 1 unspecified atom stereocenters. The quantitative estimate of drug-likeness (QED) is 0.541. The van der Waals surface area contributed by atoms with Gasteiger partial charge in [-0.1, -0.05) is 62.1 Å². The Kier molecular flexibility index (Phi) is 9.97. The molecule has 1 aliphatic rings. The Morgan fingerprint density at radius 3 is 2.00 bits per heavy atom. The number of aryl methyl sites for hydroxylation is 1. The van der Waals surface area contributed by atoms with Crippen LogP contribution in [0, 0.1) is 6.92 Å². The van der Waals surface area contributed by atoms with Crippen molar-refractivity contribution in [1.29, 1.82) is 0 Å². The third-order valence-corrected chi connectivity index (χ3v) is 8.95. The Morgan fingerprint density at radius 1 is 1.16 bits per heavy atom. The van der Waals surface area contributed by atoms with E-state index in [9.17, 15) is 9.50 Å². The van der Waals surface area contributed by atoms with Crippen molar-refractivity contribution in [2.75, 3.05) is 13.1 Å². The maximum Gasteiger partial charge on any atom is 0.123 e. The van der Waals surface area contributed by atoms with Crippen LogP contribution in [0.15, 0.2) is 12.1 Å². The fourth-order valence-corrected chi connectivity index (χ4v) is 5.32. The van der Waals surface area contributed by atoms with Crippen LogP contribution in [0.25, 0.3) is 0 Å². The maximum atomic E-state index is 13.4. The summed E-state index contributed by atoms with van der Waals surface area (Å²) in [7, 11) is -0.171. The summed E-state index contributed by atoms with van der Waals surface area (Å²) in [4.78, 5) is 0. The fraction of sp³-hybridized carbons (Fsp3) is 0.684. The highest BCUT2D eigenvalue weighted by Gasteiger charge is 2.42. The Hall–Kier alpha value is -0.133. The molecule has 1 aliphatic carbocycles. The van der Waals surface area contributed by atoms with Crippen molar-refractivity contribution in [2.45, 2.75) is 70.4 Å². The minimum Gasteiger partial charge on any atom is -0.387 e. The van der Waals surface area contributed by atoms with E-state index in [0.29, 0.717) is 28.5 Å². The predicted octanol–water partition coefficient (Wildman–Crippen LogP) is 5.70. The van der Waals surface area contributed by atoms with Crippen molar-refractivity contribution in [3.8, 4) is 0 Å². The first-order chi connectivity index (χ1) is 11.8. The van der Waals surface area contributed by atoms with Crippen molar-refractivity contribution < 1.29 is 9.50 Å². The van der Waals surface area contributed by atoms with Gasteiger partial charge in [-0.15, -0.1) is 0 Å². The van der Waals surface area contributed by atoms with Crippen LogP contribution < -0.4 is 5.32 Å². The van der Waals surface area contributed by atoms with Gasteiger partial charge < -0.3 is 10.4 Å². The van der Waals surface area contributed by atoms with Crippen LogP contribution in [0.5, 0.6) is 0 Å². The molecule has 0 amide bonds. The van der Waals surface area contributed by atoms with Crippen LogP contribution in [-0.2, 0) is 0 Å². The van der Waals surface area contributed by atoms with Gasteiger partial charge in [-0.25, -0.2) is 4.39 Å². The van der Waals surface area contributed by atoms with Crippen molar-refractivity contribution in [3.63, 3.8) is 0 Å². The molecule has 6 heteroatoms. The molecular formula is C19H32Cl2FNOSi. The molecule has 1 aromatic carbocycles. The van der Waals surface area contributed by atoms with Crippen LogP contribution in [0.1, 0.15) is 50.8 Å². The molecule has 25 heavy (non-hydrogen) atoms. The zero-order chi connectivity index (χ0) is 19.0. The van der Waals surface area contributed by atoms with E-state index in [2.05, 4.69) is 26.1 Å². The number of hydrogen-bond donors (Lipinski definition) is 2. The molecule has 0 radical (unpaired) electrons. The third-order valence-electron chi connectivity index (χ3n) is 4.86. The van der Waals surface area contributed by atoms with Crippen LogP contribution in [0.3, 0.4) is 0 Å². The van der Waals surface area contributed by atoms with Gasteiger partial charge in [0.1, 0.15) is 5.67 Å². The summed E-state index contributed by atoms with van der Waals surface area (Å²) in [6.07, 6.45) is 0.373. The van der Waals surface area contributed by atoms with Crippen molar-refractivity contribution in [1.82, 2.24) is 5.32 Å². The van der Waals surface area contributed by atoms with Crippen LogP contribution in [0.4, 0.5) is 4.39 Å². The van der Waals surface area contributed by atoms with Crippen LogP contribution >= 0.6 is 23.2 Å². The molecule has 2 nitrogen and oxygen atoms in total. The molecule has 0 aliphatic heterocycles. The molecule has 2 rings (SSSR count). The average molecular weight is 408 g/mol. The van der Waals surface area contributed by atoms with Gasteiger partial charge in [-0.05, 0) is 37.5 Å². The van der Waals surface area contributed by atoms with E-state index in [1.165, 1.54) is 18.1 Å². The summed E-state index contributed by atoms with van der Waals surface area (Å²) in [6.45, 7) is 9.36. The van der Waals surface area contributed by atoms with Gasteiger partial charge in [0.2, 0.25) is 0 Å². The second-order valence-corrected chi connectivity index (χ2v) is 12.0. The predicted molar refractivity (Wildman–Crippen MR) is 111 cm³/mol. The lowest BCUT2D eigenvalue weighted by molar-refractivity contribution is 0.168. The van der Waals surface area contributed by atoms with E-state index >= 15 is 0 Å². The lowest BCUT2D eigenvalue weighted by atomic mass is 10.1. The highest BCUT2D eigenvalue weighted by Crippen LogP contribution is 2.39. The van der Waals surface area contributed by atoms with Crippen molar-refractivity contribution in [2.24, 2.45) is 0 Å². The second kappa shape index (κ2) is 10.9. The van der Waals surface area contributed by atoms with E-state index in [0.717, 1.165) is 5.56 Å². The second-order valence-electron chi connectivity index (χ2n) is 7.03. The third kappa shape index (κ3) is 7.96. The van der Waals surface area contributed by atoms with Gasteiger partial charge in [0.05, 0.1) is 6.10 Å². The minimum atomic E-state index is -1.07. The molecule has 0 heterocycles. The van der Waals surface area contributed by atoms with E-state index in [1.54, 1.807) is 12.1 Å². The molecule has 144 valence electrons. The SMILES string of the molecule is CC[SiH](CC)CC.Cc1cc(Cl)c(C(O)CNCC2(F)CC2)c(Cl)c1. The number of benzene rings is 1. The minimum absolute atomic E-state index is 0.171. The molecule has 1 atom stereocenters. The molecule has 1 saturated carbocycles. The standard InChI is InChI=1S/C13H16Cl2FNO.C6H16Si/c1-8-4-9(14)12(10(15)5-8)11(18)6-17-7-13(16)2-3-13;1-4-7(5-2)6-3/h4-5,11,17-18H,2-3,6-7H2,1H3;7H,4-6H2,1-3H3. The van der Waals surface area contributed by atoms with Gasteiger partial charge >= 0.3 is 0 Å². The lowest BCUT2D eigenvalue weighted by Crippen LogP contribution is -2.29. The topological polar surface area (TPSA) is 32.3 Å². The number of halogens is 3. The molecule has 1 aromatic rings. The fourth-order valence-electron chi connectivity index (χ4n) is 2.74. The molecule has 0 aromatic heterocycles. The molecule has 0 saturated heterocycles. The van der Waals surface area contributed by atoms with Gasteiger partial charge in [0.25, 0.3) is 0 Å². The molecule has 2 N–H and O–H groups in total. The highest BCUT2D eigenvalue weighted by molar-refractivity contribution is 6.58. The van der Waals surface area contributed by atoms with E-state index in [-0.39, 0.29) is 21.9 Å². The maximum absolute atomic E-state index is 13.4. The largest absolute Gasteiger partial charge is 0.387 e. The molecule has 0 spiro atoms. The first-order valence-corrected chi connectivity index (χ1v) is 12.5. The van der Waals surface area contributed by atoms with Gasteiger partial charge in [0.15, 0.2) is 0 Å². The summed E-state index contributed by atoms with van der Waals surface area (Å²) in [5.41, 5.74) is 0.371. The Balaban J connectivity index is 0.000000381. The average Bonchev–Trinajstić information content (AvgIpc) is 3.26. The van der Waals surface area contributed by atoms with Gasteiger partial charge in [-0.2, -0.15) is 0 Å². The highest BCUT2D eigenvalue weighted by atomic mass is 35.5. The van der Waals surface area contributed by atoms with Gasteiger partial charge in [-0.3, -0.25) is 0 Å². The molecule has 0 bridgehead atoms. The summed E-state index contributed by atoms with van der Waals surface area (Å²) >= 11 is 12.1.